The van der Waals surface area contributed by atoms with Gasteiger partial charge in [-0.05, 0) is 13.8 Å². The number of allylic oxidation sites excluding steroid dienone is 1. The highest BCUT2D eigenvalue weighted by molar-refractivity contribution is 5.89. The minimum atomic E-state index is -0.793. The fraction of sp³-hybridized carbons (Fsp3) is 0.700. The summed E-state index contributed by atoms with van der Waals surface area (Å²) in [7, 11) is 1.94. The third-order valence-electron chi connectivity index (χ3n) is 3.37. The second-order valence-corrected chi connectivity index (χ2v) is 4.27. The standard InChI is InChI=1S/C10H17NO2/c1-6-8(9(12)13)10(3,4)7(2)11(6)5/h7H,1-5H3,(H,12,13). The monoisotopic (exact) mass is 183 g/mol. The van der Waals surface area contributed by atoms with E-state index in [9.17, 15) is 4.79 Å². The number of rotatable bonds is 1. The van der Waals surface area contributed by atoms with E-state index < -0.39 is 5.97 Å². The van der Waals surface area contributed by atoms with Crippen LogP contribution in [0, 0.1) is 5.41 Å². The van der Waals surface area contributed by atoms with Gasteiger partial charge >= 0.3 is 5.97 Å². The summed E-state index contributed by atoms with van der Waals surface area (Å²) in [6, 6.07) is 0.249. The Morgan fingerprint density at radius 1 is 1.54 bits per heavy atom. The van der Waals surface area contributed by atoms with Crippen LogP contribution in [0.1, 0.15) is 27.7 Å². The van der Waals surface area contributed by atoms with Gasteiger partial charge in [0.05, 0.1) is 5.57 Å². The summed E-state index contributed by atoms with van der Waals surface area (Å²) in [5, 5.41) is 9.07. The van der Waals surface area contributed by atoms with Gasteiger partial charge in [-0.2, -0.15) is 0 Å². The van der Waals surface area contributed by atoms with Crippen molar-refractivity contribution in [3.8, 4) is 0 Å². The molecule has 74 valence electrons. The smallest absolute Gasteiger partial charge is 0.333 e. The van der Waals surface area contributed by atoms with Crippen LogP contribution in [0.25, 0.3) is 0 Å². The van der Waals surface area contributed by atoms with Crippen molar-refractivity contribution in [3.63, 3.8) is 0 Å². The Morgan fingerprint density at radius 2 is 2.00 bits per heavy atom. The van der Waals surface area contributed by atoms with E-state index in [2.05, 4.69) is 6.92 Å². The van der Waals surface area contributed by atoms with E-state index in [1.807, 2.05) is 32.7 Å². The first-order valence-corrected chi connectivity index (χ1v) is 4.47. The molecular formula is C10H17NO2. The zero-order valence-electron chi connectivity index (χ0n) is 8.88. The van der Waals surface area contributed by atoms with E-state index in [0.717, 1.165) is 5.70 Å². The third-order valence-corrected chi connectivity index (χ3v) is 3.37. The van der Waals surface area contributed by atoms with Crippen molar-refractivity contribution in [3.05, 3.63) is 11.3 Å². The zero-order valence-corrected chi connectivity index (χ0v) is 8.88. The third kappa shape index (κ3) is 1.23. The van der Waals surface area contributed by atoms with Crippen LogP contribution < -0.4 is 0 Å². The maximum atomic E-state index is 11.0. The molecule has 0 bridgehead atoms. The molecule has 1 atom stereocenters. The number of aliphatic carboxylic acids is 1. The lowest BCUT2D eigenvalue weighted by Crippen LogP contribution is -2.34. The highest BCUT2D eigenvalue weighted by atomic mass is 16.4. The van der Waals surface area contributed by atoms with Crippen LogP contribution in [0.3, 0.4) is 0 Å². The highest BCUT2D eigenvalue weighted by Crippen LogP contribution is 2.42. The summed E-state index contributed by atoms with van der Waals surface area (Å²) in [5.74, 6) is -0.793. The molecule has 1 N–H and O–H groups in total. The summed E-state index contributed by atoms with van der Waals surface area (Å²) >= 11 is 0. The summed E-state index contributed by atoms with van der Waals surface area (Å²) in [4.78, 5) is 13.1. The van der Waals surface area contributed by atoms with Gasteiger partial charge in [-0.3, -0.25) is 0 Å². The van der Waals surface area contributed by atoms with Gasteiger partial charge in [-0.15, -0.1) is 0 Å². The van der Waals surface area contributed by atoms with Gasteiger partial charge < -0.3 is 10.0 Å². The van der Waals surface area contributed by atoms with Crippen molar-refractivity contribution in [2.24, 2.45) is 5.41 Å². The van der Waals surface area contributed by atoms with Crippen molar-refractivity contribution in [1.82, 2.24) is 4.90 Å². The van der Waals surface area contributed by atoms with E-state index in [1.54, 1.807) is 0 Å². The van der Waals surface area contributed by atoms with E-state index in [-0.39, 0.29) is 11.5 Å². The number of hydrogen-bond acceptors (Lipinski definition) is 2. The lowest BCUT2D eigenvalue weighted by molar-refractivity contribution is -0.133. The zero-order chi connectivity index (χ0) is 10.4. The molecule has 0 radical (unpaired) electrons. The molecule has 13 heavy (non-hydrogen) atoms. The van der Waals surface area contributed by atoms with Crippen LogP contribution in [0.4, 0.5) is 0 Å². The second kappa shape index (κ2) is 2.76. The first-order valence-electron chi connectivity index (χ1n) is 4.47. The predicted octanol–water partition coefficient (Wildman–Crippen LogP) is 1.71. The fourth-order valence-corrected chi connectivity index (χ4v) is 2.06. The maximum Gasteiger partial charge on any atom is 0.333 e. The normalized spacial score (nSPS) is 26.8. The van der Waals surface area contributed by atoms with Crippen LogP contribution in [-0.4, -0.2) is 29.1 Å². The summed E-state index contributed by atoms with van der Waals surface area (Å²) in [5.41, 5.74) is 1.16. The molecule has 1 unspecified atom stereocenters. The summed E-state index contributed by atoms with van der Waals surface area (Å²) < 4.78 is 0. The van der Waals surface area contributed by atoms with Crippen molar-refractivity contribution >= 4 is 5.97 Å². The lowest BCUT2D eigenvalue weighted by atomic mass is 9.80. The molecule has 0 aliphatic carbocycles. The van der Waals surface area contributed by atoms with Gasteiger partial charge in [0.15, 0.2) is 0 Å². The Bertz CT molecular complexity index is 279. The summed E-state index contributed by atoms with van der Waals surface area (Å²) in [6.45, 7) is 7.89. The van der Waals surface area contributed by atoms with E-state index in [0.29, 0.717) is 5.57 Å². The Kier molecular flexibility index (Phi) is 2.14. The average molecular weight is 183 g/mol. The molecular weight excluding hydrogens is 166 g/mol. The quantitative estimate of drug-likeness (QED) is 0.672. The molecule has 0 fully saturated rings. The van der Waals surface area contributed by atoms with Crippen LogP contribution >= 0.6 is 0 Å². The lowest BCUT2D eigenvalue weighted by Gasteiger charge is -2.29. The SMILES string of the molecule is CC1=C(C(=O)O)C(C)(C)C(C)N1C. The van der Waals surface area contributed by atoms with E-state index in [4.69, 9.17) is 5.11 Å². The number of carbonyl (C=O) groups is 1. The molecule has 0 spiro atoms. The molecule has 1 aliphatic rings. The van der Waals surface area contributed by atoms with Crippen molar-refractivity contribution in [1.29, 1.82) is 0 Å². The Labute approximate surface area is 79.0 Å². The van der Waals surface area contributed by atoms with Gasteiger partial charge in [0.2, 0.25) is 0 Å². The van der Waals surface area contributed by atoms with Crippen molar-refractivity contribution in [2.45, 2.75) is 33.7 Å². The Balaban J connectivity index is 3.22. The van der Waals surface area contributed by atoms with Gasteiger partial charge in [0.25, 0.3) is 0 Å². The topological polar surface area (TPSA) is 40.5 Å². The molecule has 0 aromatic heterocycles. The maximum absolute atomic E-state index is 11.0. The molecule has 0 aromatic rings. The molecule has 1 rings (SSSR count). The van der Waals surface area contributed by atoms with Crippen LogP contribution in [-0.2, 0) is 4.79 Å². The van der Waals surface area contributed by atoms with Gasteiger partial charge in [0, 0.05) is 24.2 Å². The highest BCUT2D eigenvalue weighted by Gasteiger charge is 2.43. The molecule has 1 heterocycles. The molecule has 0 saturated carbocycles. The molecule has 3 nitrogen and oxygen atoms in total. The van der Waals surface area contributed by atoms with Gasteiger partial charge in [0.1, 0.15) is 0 Å². The predicted molar refractivity (Wildman–Crippen MR) is 51.3 cm³/mol. The van der Waals surface area contributed by atoms with Crippen molar-refractivity contribution in [2.75, 3.05) is 7.05 Å². The van der Waals surface area contributed by atoms with Gasteiger partial charge in [-0.1, -0.05) is 13.8 Å². The van der Waals surface area contributed by atoms with Crippen LogP contribution in [0.5, 0.6) is 0 Å². The minimum Gasteiger partial charge on any atom is -0.478 e. The van der Waals surface area contributed by atoms with E-state index >= 15 is 0 Å². The Hall–Kier alpha value is -0.990. The fourth-order valence-electron chi connectivity index (χ4n) is 2.06. The molecule has 1 aliphatic heterocycles. The second-order valence-electron chi connectivity index (χ2n) is 4.27. The number of nitrogens with zero attached hydrogens (tertiary/aromatic N) is 1. The number of carboxylic acids is 1. The average Bonchev–Trinajstić information content (AvgIpc) is 2.12. The largest absolute Gasteiger partial charge is 0.478 e. The molecule has 0 aromatic carbocycles. The summed E-state index contributed by atoms with van der Waals surface area (Å²) in [6.07, 6.45) is 0. The van der Waals surface area contributed by atoms with E-state index in [1.165, 1.54) is 0 Å². The first-order chi connectivity index (χ1) is 5.80. The molecule has 0 saturated heterocycles. The van der Waals surface area contributed by atoms with Gasteiger partial charge in [-0.25, -0.2) is 4.79 Å². The van der Waals surface area contributed by atoms with Crippen molar-refractivity contribution < 1.29 is 9.90 Å². The first kappa shape index (κ1) is 10.1. The molecule has 3 heteroatoms. The van der Waals surface area contributed by atoms with Crippen LogP contribution in [0.15, 0.2) is 11.3 Å². The number of hydrogen-bond donors (Lipinski definition) is 1. The van der Waals surface area contributed by atoms with Crippen LogP contribution in [0.2, 0.25) is 0 Å². The number of carboxylic acid groups (broad SMARTS) is 1. The minimum absolute atomic E-state index is 0.249. The Morgan fingerprint density at radius 3 is 2.15 bits per heavy atom. The molecule has 0 amide bonds.